The number of carbonyl (C=O) groups is 2. The van der Waals surface area contributed by atoms with Gasteiger partial charge in [0.15, 0.2) is 6.61 Å². The van der Waals surface area contributed by atoms with Crippen molar-refractivity contribution in [3.63, 3.8) is 0 Å². The van der Waals surface area contributed by atoms with Crippen molar-refractivity contribution in [2.45, 2.75) is 37.8 Å². The molecule has 0 aliphatic carbocycles. The molecule has 1 amide bonds. The lowest BCUT2D eigenvalue weighted by Gasteiger charge is -2.31. The molecule has 0 aromatic heterocycles. The summed E-state index contributed by atoms with van der Waals surface area (Å²) in [7, 11) is -3.92. The lowest BCUT2D eigenvalue weighted by atomic mass is 10.1. The van der Waals surface area contributed by atoms with Gasteiger partial charge in [-0.05, 0) is 37.1 Å². The number of nitrogens with zero attached hydrogens (tertiary/aromatic N) is 1. The molecule has 0 spiro atoms. The molecule has 28 heavy (non-hydrogen) atoms. The first kappa shape index (κ1) is 22.8. The Kier molecular flexibility index (Phi) is 7.99. The molecule has 1 fully saturated rings. The minimum Gasteiger partial charge on any atom is -0.454 e. The summed E-state index contributed by atoms with van der Waals surface area (Å²) in [6.07, 6.45) is -0.0745. The highest BCUT2D eigenvalue weighted by Gasteiger charge is 2.31. The van der Waals surface area contributed by atoms with Gasteiger partial charge in [-0.1, -0.05) is 29.8 Å². The summed E-state index contributed by atoms with van der Waals surface area (Å²) in [4.78, 5) is 26.3. The van der Waals surface area contributed by atoms with Gasteiger partial charge in [-0.15, -0.1) is 0 Å². The quantitative estimate of drug-likeness (QED) is 0.598. The van der Waals surface area contributed by atoms with Crippen LogP contribution in [0, 0.1) is 5.92 Å². The molecule has 1 heterocycles. The molecule has 1 aromatic carbocycles. The van der Waals surface area contributed by atoms with Gasteiger partial charge >= 0.3 is 5.97 Å². The zero-order chi connectivity index (χ0) is 20.9. The maximum absolute atomic E-state index is 12.6. The van der Waals surface area contributed by atoms with Gasteiger partial charge in [0.1, 0.15) is 6.04 Å². The summed E-state index contributed by atoms with van der Waals surface area (Å²) in [5.41, 5.74) is 0. The van der Waals surface area contributed by atoms with Crippen molar-refractivity contribution in [3.05, 3.63) is 28.7 Å². The summed E-state index contributed by atoms with van der Waals surface area (Å²) < 4.78 is 38.7. The molecule has 0 radical (unpaired) electrons. The second-order valence-corrected chi connectivity index (χ2v) is 9.56. The lowest BCUT2D eigenvalue weighted by Crippen LogP contribution is -2.48. The molecule has 2 rings (SSSR count). The van der Waals surface area contributed by atoms with Crippen LogP contribution in [0.1, 0.15) is 20.8 Å². The normalized spacial score (nSPS) is 18.8. The molecule has 0 saturated carbocycles. The van der Waals surface area contributed by atoms with E-state index in [4.69, 9.17) is 9.47 Å². The summed E-state index contributed by atoms with van der Waals surface area (Å²) in [5.74, 6) is -1.48. The third kappa shape index (κ3) is 6.26. The molecule has 8 nitrogen and oxygen atoms in total. The number of nitrogens with one attached hydrogen (secondary N) is 1. The van der Waals surface area contributed by atoms with Crippen LogP contribution in [0.5, 0.6) is 0 Å². The monoisotopic (exact) mass is 476 g/mol. The summed E-state index contributed by atoms with van der Waals surface area (Å²) in [5, 5.41) is 0. The standard InChI is InChI=1S/C18H25BrN2O6S/c1-12(2)17(20-28(24,25)15-6-4-14(19)5-7-15)18(23)27-11-16(22)21-8-9-26-13(3)10-21/h4-7,12-13,17,20H,8-11H2,1-3H3/t13-,17+/m0/s1. The number of benzene rings is 1. The summed E-state index contributed by atoms with van der Waals surface area (Å²) in [6, 6.07) is 4.94. The number of esters is 1. The number of amides is 1. The summed E-state index contributed by atoms with van der Waals surface area (Å²) in [6.45, 7) is 6.11. The third-order valence-corrected chi connectivity index (χ3v) is 6.24. The Morgan fingerprint density at radius 1 is 1.32 bits per heavy atom. The van der Waals surface area contributed by atoms with Gasteiger partial charge in [0.05, 0.1) is 17.6 Å². The molecule has 0 bridgehead atoms. The number of rotatable bonds is 7. The van der Waals surface area contributed by atoms with Gasteiger partial charge in [-0.2, -0.15) is 4.72 Å². The lowest BCUT2D eigenvalue weighted by molar-refractivity contribution is -0.156. The van der Waals surface area contributed by atoms with Crippen LogP contribution in [0.3, 0.4) is 0 Å². The van der Waals surface area contributed by atoms with Crippen LogP contribution in [0.25, 0.3) is 0 Å². The smallest absolute Gasteiger partial charge is 0.324 e. The molecule has 1 saturated heterocycles. The number of hydrogen-bond acceptors (Lipinski definition) is 6. The fourth-order valence-electron chi connectivity index (χ4n) is 2.66. The van der Waals surface area contributed by atoms with Gasteiger partial charge in [-0.3, -0.25) is 9.59 Å². The maximum Gasteiger partial charge on any atom is 0.324 e. The van der Waals surface area contributed by atoms with E-state index in [1.54, 1.807) is 30.9 Å². The molecule has 156 valence electrons. The number of morpholine rings is 1. The van der Waals surface area contributed by atoms with Crippen molar-refractivity contribution in [2.24, 2.45) is 5.92 Å². The highest BCUT2D eigenvalue weighted by atomic mass is 79.9. The Balaban J connectivity index is 1.99. The van der Waals surface area contributed by atoms with E-state index in [-0.39, 0.29) is 22.8 Å². The molecule has 1 aromatic rings. The van der Waals surface area contributed by atoms with Crippen LogP contribution in [-0.4, -0.2) is 63.6 Å². The SMILES string of the molecule is CC(C)[C@@H](NS(=O)(=O)c1ccc(Br)cc1)C(=O)OCC(=O)N1CCO[C@@H](C)C1. The zero-order valence-electron chi connectivity index (χ0n) is 16.1. The molecular formula is C18H25BrN2O6S. The van der Waals surface area contributed by atoms with E-state index in [1.165, 1.54) is 12.1 Å². The van der Waals surface area contributed by atoms with Gasteiger partial charge in [-0.25, -0.2) is 8.42 Å². The van der Waals surface area contributed by atoms with Crippen molar-refractivity contribution < 1.29 is 27.5 Å². The van der Waals surface area contributed by atoms with Crippen LogP contribution in [0.4, 0.5) is 0 Å². The van der Waals surface area contributed by atoms with Crippen molar-refractivity contribution in [1.82, 2.24) is 9.62 Å². The molecular weight excluding hydrogens is 452 g/mol. The zero-order valence-corrected chi connectivity index (χ0v) is 18.5. The first-order chi connectivity index (χ1) is 13.1. The molecule has 2 atom stereocenters. The Labute approximate surface area is 173 Å². The maximum atomic E-state index is 12.6. The fraction of sp³-hybridized carbons (Fsp3) is 0.556. The number of hydrogen-bond donors (Lipinski definition) is 1. The number of halogens is 1. The highest BCUT2D eigenvalue weighted by molar-refractivity contribution is 9.10. The second kappa shape index (κ2) is 9.82. The minimum atomic E-state index is -3.92. The number of carbonyl (C=O) groups excluding carboxylic acids is 2. The molecule has 1 aliphatic rings. The van der Waals surface area contributed by atoms with Gasteiger partial charge in [0.25, 0.3) is 5.91 Å². The van der Waals surface area contributed by atoms with Crippen LogP contribution in [-0.2, 0) is 29.1 Å². The predicted octanol–water partition coefficient (Wildman–Crippen LogP) is 1.54. The van der Waals surface area contributed by atoms with E-state index >= 15 is 0 Å². The molecule has 1 aliphatic heterocycles. The Bertz CT molecular complexity index is 797. The van der Waals surface area contributed by atoms with E-state index in [0.29, 0.717) is 19.7 Å². The van der Waals surface area contributed by atoms with Crippen LogP contribution in [0.15, 0.2) is 33.6 Å². The van der Waals surface area contributed by atoms with Gasteiger partial charge in [0, 0.05) is 17.6 Å². The van der Waals surface area contributed by atoms with Gasteiger partial charge in [0.2, 0.25) is 10.0 Å². The minimum absolute atomic E-state index is 0.0348. The van der Waals surface area contributed by atoms with Crippen LogP contribution >= 0.6 is 15.9 Å². The molecule has 0 unspecified atom stereocenters. The second-order valence-electron chi connectivity index (χ2n) is 6.93. The number of ether oxygens (including phenoxy) is 2. The Morgan fingerprint density at radius 3 is 2.54 bits per heavy atom. The van der Waals surface area contributed by atoms with Crippen molar-refractivity contribution in [3.8, 4) is 0 Å². The summed E-state index contributed by atoms with van der Waals surface area (Å²) >= 11 is 3.25. The Hall–Kier alpha value is -1.49. The van der Waals surface area contributed by atoms with E-state index in [1.807, 2.05) is 6.92 Å². The molecule has 1 N–H and O–H groups in total. The average Bonchev–Trinajstić information content (AvgIpc) is 2.64. The fourth-order valence-corrected chi connectivity index (χ4v) is 4.26. The number of sulfonamides is 1. The van der Waals surface area contributed by atoms with Crippen molar-refractivity contribution >= 4 is 37.8 Å². The predicted molar refractivity (Wildman–Crippen MR) is 106 cm³/mol. The first-order valence-electron chi connectivity index (χ1n) is 8.94. The van der Waals surface area contributed by atoms with E-state index in [2.05, 4.69) is 20.7 Å². The van der Waals surface area contributed by atoms with Crippen molar-refractivity contribution in [1.29, 1.82) is 0 Å². The third-order valence-electron chi connectivity index (χ3n) is 4.26. The van der Waals surface area contributed by atoms with Crippen LogP contribution < -0.4 is 4.72 Å². The highest BCUT2D eigenvalue weighted by Crippen LogP contribution is 2.16. The molecule has 10 heteroatoms. The van der Waals surface area contributed by atoms with E-state index in [0.717, 1.165) is 4.47 Å². The van der Waals surface area contributed by atoms with Crippen LogP contribution in [0.2, 0.25) is 0 Å². The first-order valence-corrected chi connectivity index (χ1v) is 11.2. The largest absolute Gasteiger partial charge is 0.454 e. The average molecular weight is 477 g/mol. The Morgan fingerprint density at radius 2 is 1.96 bits per heavy atom. The topological polar surface area (TPSA) is 102 Å². The van der Waals surface area contributed by atoms with Crippen molar-refractivity contribution in [2.75, 3.05) is 26.3 Å². The van der Waals surface area contributed by atoms with E-state index < -0.39 is 28.6 Å². The van der Waals surface area contributed by atoms with E-state index in [9.17, 15) is 18.0 Å². The van der Waals surface area contributed by atoms with Gasteiger partial charge < -0.3 is 14.4 Å².